The van der Waals surface area contributed by atoms with Crippen LogP contribution in [0.2, 0.25) is 0 Å². The minimum absolute atomic E-state index is 0.0338. The smallest absolute Gasteiger partial charge is 0.318 e. The van der Waals surface area contributed by atoms with E-state index in [4.69, 9.17) is 5.14 Å². The maximum atomic E-state index is 13.5. The number of rotatable bonds is 2. The van der Waals surface area contributed by atoms with E-state index in [1.54, 1.807) is 24.3 Å². The van der Waals surface area contributed by atoms with E-state index >= 15 is 0 Å². The van der Waals surface area contributed by atoms with Gasteiger partial charge in [-0.15, -0.1) is 0 Å². The summed E-state index contributed by atoms with van der Waals surface area (Å²) in [5, 5.41) is 9.14. The zero-order chi connectivity index (χ0) is 16.8. The molecule has 0 atom stereocenters. The first-order chi connectivity index (χ1) is 10.7. The fourth-order valence-corrected chi connectivity index (χ4v) is 3.17. The molecule has 1 aliphatic rings. The zero-order valence-electron chi connectivity index (χ0n) is 12.4. The predicted molar refractivity (Wildman–Crippen MR) is 85.4 cm³/mol. The van der Waals surface area contributed by atoms with Crippen molar-refractivity contribution < 1.29 is 17.6 Å². The number of alkyl halides is 1. The van der Waals surface area contributed by atoms with Gasteiger partial charge in [0.1, 0.15) is 5.67 Å². The molecule has 0 aromatic heterocycles. The highest BCUT2D eigenvalue weighted by Gasteiger charge is 2.41. The van der Waals surface area contributed by atoms with Gasteiger partial charge in [0.2, 0.25) is 10.0 Å². The third kappa shape index (κ3) is 3.13. The molecule has 1 aliphatic heterocycles. The normalized spacial score (nSPS) is 16.9. The van der Waals surface area contributed by atoms with Gasteiger partial charge in [-0.05, 0) is 30.5 Å². The summed E-state index contributed by atoms with van der Waals surface area (Å²) in [5.74, 6) is 0. The lowest BCUT2D eigenvalue weighted by atomic mass is 10.00. The Morgan fingerprint density at radius 3 is 2.61 bits per heavy atom. The Bertz CT molecular complexity index is 888. The van der Waals surface area contributed by atoms with Gasteiger partial charge in [-0.3, -0.25) is 0 Å². The van der Waals surface area contributed by atoms with E-state index in [0.29, 0.717) is 11.1 Å². The van der Waals surface area contributed by atoms with Crippen molar-refractivity contribution in [3.05, 3.63) is 36.4 Å². The molecular formula is C15H16FN3O3S. The number of hydrogen-bond acceptors (Lipinski definition) is 3. The lowest BCUT2D eigenvalue weighted by Crippen LogP contribution is -2.60. The number of sulfonamides is 1. The quantitative estimate of drug-likeness (QED) is 0.878. The lowest BCUT2D eigenvalue weighted by Gasteiger charge is -2.41. The summed E-state index contributed by atoms with van der Waals surface area (Å²) in [6.07, 6.45) is 0. The molecule has 2 amide bonds. The first kappa shape index (κ1) is 15.7. The molecule has 6 nitrogen and oxygen atoms in total. The van der Waals surface area contributed by atoms with Crippen molar-refractivity contribution in [2.75, 3.05) is 18.4 Å². The van der Waals surface area contributed by atoms with Gasteiger partial charge in [0, 0.05) is 5.39 Å². The number of hydrogen-bond donors (Lipinski definition) is 2. The van der Waals surface area contributed by atoms with Crippen molar-refractivity contribution in [1.82, 2.24) is 4.90 Å². The van der Waals surface area contributed by atoms with Crippen LogP contribution in [0.3, 0.4) is 0 Å². The number of benzene rings is 2. The molecule has 1 fully saturated rings. The van der Waals surface area contributed by atoms with E-state index in [1.807, 2.05) is 0 Å². The molecule has 122 valence electrons. The summed E-state index contributed by atoms with van der Waals surface area (Å²) in [6, 6.07) is 9.20. The van der Waals surface area contributed by atoms with Crippen molar-refractivity contribution in [2.45, 2.75) is 17.5 Å². The van der Waals surface area contributed by atoms with Gasteiger partial charge >= 0.3 is 6.03 Å². The van der Waals surface area contributed by atoms with Crippen LogP contribution in [0.1, 0.15) is 6.92 Å². The van der Waals surface area contributed by atoms with Gasteiger partial charge in [0.15, 0.2) is 0 Å². The third-order valence-corrected chi connectivity index (χ3v) is 4.66. The summed E-state index contributed by atoms with van der Waals surface area (Å²) in [5.41, 5.74) is -0.901. The van der Waals surface area contributed by atoms with E-state index in [1.165, 1.54) is 24.0 Å². The number of carbonyl (C=O) groups excluding carboxylic acids is 1. The van der Waals surface area contributed by atoms with Crippen molar-refractivity contribution in [3.63, 3.8) is 0 Å². The number of amides is 2. The number of anilines is 1. The van der Waals surface area contributed by atoms with Gasteiger partial charge in [0.25, 0.3) is 0 Å². The second-order valence-electron chi connectivity index (χ2n) is 5.93. The number of nitrogens with zero attached hydrogens (tertiary/aromatic N) is 1. The Hall–Kier alpha value is -2.19. The second kappa shape index (κ2) is 5.17. The van der Waals surface area contributed by atoms with Gasteiger partial charge < -0.3 is 10.2 Å². The van der Waals surface area contributed by atoms with Crippen molar-refractivity contribution in [1.29, 1.82) is 0 Å². The van der Waals surface area contributed by atoms with Crippen LogP contribution in [0.25, 0.3) is 10.8 Å². The van der Waals surface area contributed by atoms with Gasteiger partial charge in [-0.1, -0.05) is 18.2 Å². The maximum Gasteiger partial charge on any atom is 0.322 e. The van der Waals surface area contributed by atoms with Crippen LogP contribution in [-0.2, 0) is 10.0 Å². The van der Waals surface area contributed by atoms with E-state index < -0.39 is 21.7 Å². The molecule has 2 aromatic rings. The highest BCUT2D eigenvalue weighted by atomic mass is 32.2. The van der Waals surface area contributed by atoms with Crippen LogP contribution in [0.15, 0.2) is 41.3 Å². The Balaban J connectivity index is 1.93. The van der Waals surface area contributed by atoms with Gasteiger partial charge in [-0.25, -0.2) is 22.7 Å². The monoisotopic (exact) mass is 337 g/mol. The minimum Gasteiger partial charge on any atom is -0.318 e. The summed E-state index contributed by atoms with van der Waals surface area (Å²) in [4.78, 5) is 13.4. The van der Waals surface area contributed by atoms with E-state index in [2.05, 4.69) is 5.32 Å². The van der Waals surface area contributed by atoms with Crippen LogP contribution in [0.4, 0.5) is 14.9 Å². The first-order valence-corrected chi connectivity index (χ1v) is 8.51. The molecule has 1 heterocycles. The average molecular weight is 337 g/mol. The first-order valence-electron chi connectivity index (χ1n) is 6.96. The SMILES string of the molecule is CC1(F)CN(C(=O)Nc2cccc3ccc(S(N)(=O)=O)cc23)C1. The van der Waals surface area contributed by atoms with E-state index in [-0.39, 0.29) is 18.0 Å². The standard InChI is InChI=1S/C15H16FN3O3S/c1-15(16)8-19(9-15)14(20)18-13-4-2-3-10-5-6-11(7-12(10)13)23(17,21)22/h2-7H,8-9H2,1H3,(H,18,20)(H2,17,21,22). The molecule has 2 aromatic carbocycles. The molecule has 0 unspecified atom stereocenters. The topological polar surface area (TPSA) is 92.5 Å². The molecular weight excluding hydrogens is 321 g/mol. The fourth-order valence-electron chi connectivity index (χ4n) is 2.63. The van der Waals surface area contributed by atoms with Gasteiger partial charge in [0.05, 0.1) is 23.7 Å². The van der Waals surface area contributed by atoms with Crippen LogP contribution >= 0.6 is 0 Å². The Morgan fingerprint density at radius 1 is 1.30 bits per heavy atom. The molecule has 23 heavy (non-hydrogen) atoms. The molecule has 3 N–H and O–H groups in total. The highest BCUT2D eigenvalue weighted by molar-refractivity contribution is 7.89. The van der Waals surface area contributed by atoms with Crippen molar-refractivity contribution in [3.8, 4) is 0 Å². The Kier molecular flexibility index (Phi) is 3.53. The number of primary sulfonamides is 1. The molecule has 0 spiro atoms. The molecule has 0 saturated carbocycles. The largest absolute Gasteiger partial charge is 0.322 e. The number of urea groups is 1. The second-order valence-corrected chi connectivity index (χ2v) is 7.49. The Morgan fingerprint density at radius 2 is 2.00 bits per heavy atom. The van der Waals surface area contributed by atoms with Crippen LogP contribution < -0.4 is 10.5 Å². The molecule has 0 aliphatic carbocycles. The number of nitrogens with two attached hydrogens (primary N) is 1. The van der Waals surface area contributed by atoms with Gasteiger partial charge in [-0.2, -0.15) is 0 Å². The minimum atomic E-state index is -3.84. The number of fused-ring (bicyclic) bond motifs is 1. The number of carbonyl (C=O) groups is 1. The molecule has 0 radical (unpaired) electrons. The number of likely N-dealkylation sites (tertiary alicyclic amines) is 1. The van der Waals surface area contributed by atoms with Crippen molar-refractivity contribution in [2.24, 2.45) is 5.14 Å². The van der Waals surface area contributed by atoms with Crippen LogP contribution in [0, 0.1) is 0 Å². The molecule has 0 bridgehead atoms. The molecule has 8 heteroatoms. The van der Waals surface area contributed by atoms with Crippen LogP contribution in [0.5, 0.6) is 0 Å². The lowest BCUT2D eigenvalue weighted by molar-refractivity contribution is 0.0144. The van der Waals surface area contributed by atoms with E-state index in [9.17, 15) is 17.6 Å². The zero-order valence-corrected chi connectivity index (χ0v) is 13.2. The molecule has 1 saturated heterocycles. The average Bonchev–Trinajstić information content (AvgIpc) is 2.43. The third-order valence-electron chi connectivity index (χ3n) is 3.75. The Labute approximate surface area is 133 Å². The van der Waals surface area contributed by atoms with Crippen LogP contribution in [-0.4, -0.2) is 38.1 Å². The van der Waals surface area contributed by atoms with E-state index in [0.717, 1.165) is 5.39 Å². The van der Waals surface area contributed by atoms with Crippen molar-refractivity contribution >= 4 is 32.5 Å². The summed E-state index contributed by atoms with van der Waals surface area (Å²) < 4.78 is 36.5. The molecule has 3 rings (SSSR count). The highest BCUT2D eigenvalue weighted by Crippen LogP contribution is 2.28. The fraction of sp³-hybridized carbons (Fsp3) is 0.267. The number of nitrogens with one attached hydrogen (secondary N) is 1. The maximum absolute atomic E-state index is 13.5. The number of halogens is 1. The summed E-state index contributed by atoms with van der Waals surface area (Å²) in [6.45, 7) is 1.51. The predicted octanol–water partition coefficient (Wildman–Crippen LogP) is 2.06. The summed E-state index contributed by atoms with van der Waals surface area (Å²) >= 11 is 0. The summed E-state index contributed by atoms with van der Waals surface area (Å²) in [7, 11) is -3.84.